The second kappa shape index (κ2) is 10.5. The molecule has 0 saturated heterocycles. The summed E-state index contributed by atoms with van der Waals surface area (Å²) in [4.78, 5) is 0. The second-order valence-electron chi connectivity index (χ2n) is 4.18. The fourth-order valence-corrected chi connectivity index (χ4v) is 1.77. The first-order chi connectivity index (χ1) is 7.33. The number of hydrogen-bond acceptors (Lipinski definition) is 1. The molecule has 16 heavy (non-hydrogen) atoms. The van der Waals surface area contributed by atoms with E-state index in [1.807, 2.05) is 12.1 Å². The van der Waals surface area contributed by atoms with Gasteiger partial charge in [0.25, 0.3) is 0 Å². The zero-order valence-electron chi connectivity index (χ0n) is 10.2. The monoisotopic (exact) mass is 348 g/mol. The van der Waals surface area contributed by atoms with Crippen molar-refractivity contribution in [3.63, 3.8) is 0 Å². The Balaban J connectivity index is 0.00000225. The van der Waals surface area contributed by atoms with Crippen molar-refractivity contribution in [1.29, 1.82) is 0 Å². The van der Waals surface area contributed by atoms with E-state index in [0.29, 0.717) is 5.75 Å². The van der Waals surface area contributed by atoms with E-state index in [2.05, 4.69) is 6.92 Å². The van der Waals surface area contributed by atoms with Crippen molar-refractivity contribution in [2.75, 3.05) is 0 Å². The summed E-state index contributed by atoms with van der Waals surface area (Å²) in [6, 6.07) is 7.57. The number of aromatic hydroxyl groups is 1. The van der Waals surface area contributed by atoms with Crippen LogP contribution < -0.4 is 0 Å². The number of phenolic OH excluding ortho intramolecular Hbond substituents is 1. The van der Waals surface area contributed by atoms with Gasteiger partial charge >= 0.3 is 0 Å². The maximum atomic E-state index is 9.13. The number of benzene rings is 1. The van der Waals surface area contributed by atoms with Crippen molar-refractivity contribution in [1.82, 2.24) is 0 Å². The van der Waals surface area contributed by atoms with E-state index in [0.717, 1.165) is 6.42 Å². The number of aryl methyl sites for hydroxylation is 1. The standard InChI is InChI=1S/C14H22O.Nd/c1-2-3-4-5-6-7-8-13-9-11-14(15)12-10-13;/h9-12,15H,2-8H2,1H3;. The number of phenols is 1. The van der Waals surface area contributed by atoms with Gasteiger partial charge in [0.2, 0.25) is 0 Å². The van der Waals surface area contributed by atoms with E-state index in [1.165, 1.54) is 44.1 Å². The van der Waals surface area contributed by atoms with Gasteiger partial charge in [-0.15, -0.1) is 0 Å². The largest absolute Gasteiger partial charge is 0.508 e. The minimum absolute atomic E-state index is 0. The molecule has 0 heterocycles. The summed E-state index contributed by atoms with van der Waals surface area (Å²) < 4.78 is 0. The molecule has 0 unspecified atom stereocenters. The molecule has 0 saturated carbocycles. The van der Waals surface area contributed by atoms with E-state index in [-0.39, 0.29) is 40.8 Å². The Kier molecular flexibility index (Phi) is 10.8. The third-order valence-corrected chi connectivity index (χ3v) is 2.76. The molecule has 0 aliphatic rings. The Labute approximate surface area is 132 Å². The van der Waals surface area contributed by atoms with Gasteiger partial charge in [-0.1, -0.05) is 51.2 Å². The maximum Gasteiger partial charge on any atom is 0.115 e. The predicted molar refractivity (Wildman–Crippen MR) is 65.2 cm³/mol. The van der Waals surface area contributed by atoms with Gasteiger partial charge in [-0.2, -0.15) is 0 Å². The molecule has 1 rings (SSSR count). The van der Waals surface area contributed by atoms with Gasteiger partial charge in [-0.05, 0) is 30.5 Å². The Morgan fingerprint density at radius 2 is 1.44 bits per heavy atom. The van der Waals surface area contributed by atoms with Crippen LogP contribution in [0.25, 0.3) is 0 Å². The smallest absolute Gasteiger partial charge is 0.115 e. The molecule has 0 bridgehead atoms. The van der Waals surface area contributed by atoms with Crippen LogP contribution in [-0.2, 0) is 6.42 Å². The minimum atomic E-state index is 0. The van der Waals surface area contributed by atoms with Crippen molar-refractivity contribution >= 4 is 0 Å². The molecule has 0 atom stereocenters. The third-order valence-electron chi connectivity index (χ3n) is 2.76. The average molecular weight is 351 g/mol. The summed E-state index contributed by atoms with van der Waals surface area (Å²) in [5, 5.41) is 9.13. The number of rotatable bonds is 7. The van der Waals surface area contributed by atoms with E-state index in [9.17, 15) is 0 Å². The van der Waals surface area contributed by atoms with Crippen molar-refractivity contribution in [2.45, 2.75) is 51.9 Å². The zero-order chi connectivity index (χ0) is 10.9. The van der Waals surface area contributed by atoms with Crippen LogP contribution in [0.1, 0.15) is 51.0 Å². The number of hydrogen-bond donors (Lipinski definition) is 1. The molecule has 1 aromatic carbocycles. The van der Waals surface area contributed by atoms with E-state index in [4.69, 9.17) is 5.11 Å². The van der Waals surface area contributed by atoms with Crippen LogP contribution >= 0.6 is 0 Å². The Morgan fingerprint density at radius 3 is 2.06 bits per heavy atom. The van der Waals surface area contributed by atoms with Crippen LogP contribution in [0.15, 0.2) is 24.3 Å². The zero-order valence-corrected chi connectivity index (χ0v) is 13.4. The summed E-state index contributed by atoms with van der Waals surface area (Å²) >= 11 is 0. The van der Waals surface area contributed by atoms with Crippen LogP contribution in [0.4, 0.5) is 0 Å². The molecule has 0 aromatic heterocycles. The summed E-state index contributed by atoms with van der Waals surface area (Å²) in [5.74, 6) is 0.363. The van der Waals surface area contributed by atoms with Crippen LogP contribution in [0.5, 0.6) is 5.75 Å². The molecule has 0 amide bonds. The van der Waals surface area contributed by atoms with Crippen molar-refractivity contribution in [3.05, 3.63) is 29.8 Å². The summed E-state index contributed by atoms with van der Waals surface area (Å²) in [6.07, 6.45) is 9.19. The quantitative estimate of drug-likeness (QED) is 0.727. The molecule has 1 N–H and O–H groups in total. The van der Waals surface area contributed by atoms with Gasteiger partial charge in [0.15, 0.2) is 0 Å². The Bertz CT molecular complexity index is 256. The molecule has 1 aromatic rings. The molecule has 88 valence electrons. The molecular weight excluding hydrogens is 328 g/mol. The normalized spacial score (nSPS) is 9.81. The first-order valence-corrected chi connectivity index (χ1v) is 6.11. The van der Waals surface area contributed by atoms with Gasteiger partial charge in [0.05, 0.1) is 0 Å². The van der Waals surface area contributed by atoms with Crippen LogP contribution in [0.2, 0.25) is 0 Å². The molecule has 0 aliphatic carbocycles. The van der Waals surface area contributed by atoms with Gasteiger partial charge < -0.3 is 5.11 Å². The van der Waals surface area contributed by atoms with Crippen molar-refractivity contribution in [3.8, 4) is 5.75 Å². The first kappa shape index (κ1) is 16.4. The molecule has 0 radical (unpaired) electrons. The molecule has 2 heteroatoms. The van der Waals surface area contributed by atoms with Crippen molar-refractivity contribution in [2.24, 2.45) is 0 Å². The van der Waals surface area contributed by atoms with E-state index >= 15 is 0 Å². The molecule has 1 nitrogen and oxygen atoms in total. The molecule has 0 fully saturated rings. The first-order valence-electron chi connectivity index (χ1n) is 6.11. The van der Waals surface area contributed by atoms with Crippen LogP contribution in [0, 0.1) is 40.8 Å². The van der Waals surface area contributed by atoms with Gasteiger partial charge in [0.1, 0.15) is 5.75 Å². The Hall–Kier alpha value is 0.371. The van der Waals surface area contributed by atoms with Crippen LogP contribution in [-0.4, -0.2) is 5.11 Å². The minimum Gasteiger partial charge on any atom is -0.508 e. The van der Waals surface area contributed by atoms with Gasteiger partial charge in [-0.3, -0.25) is 0 Å². The second-order valence-corrected chi connectivity index (χ2v) is 4.18. The topological polar surface area (TPSA) is 20.2 Å². The van der Waals surface area contributed by atoms with Gasteiger partial charge in [-0.25, -0.2) is 0 Å². The van der Waals surface area contributed by atoms with E-state index < -0.39 is 0 Å². The fourth-order valence-electron chi connectivity index (χ4n) is 1.77. The summed E-state index contributed by atoms with van der Waals surface area (Å²) in [6.45, 7) is 2.25. The molecule has 0 aliphatic heterocycles. The van der Waals surface area contributed by atoms with E-state index in [1.54, 1.807) is 12.1 Å². The van der Waals surface area contributed by atoms with Crippen LogP contribution in [0.3, 0.4) is 0 Å². The summed E-state index contributed by atoms with van der Waals surface area (Å²) in [7, 11) is 0. The molecule has 0 spiro atoms. The summed E-state index contributed by atoms with van der Waals surface area (Å²) in [5.41, 5.74) is 1.34. The average Bonchev–Trinajstić information content (AvgIpc) is 2.26. The Morgan fingerprint density at radius 1 is 0.875 bits per heavy atom. The SMILES string of the molecule is CCCCCCCCc1ccc(O)cc1.[Nd]. The third kappa shape index (κ3) is 7.61. The predicted octanol–water partition coefficient (Wildman–Crippen LogP) is 4.30. The number of unbranched alkanes of at least 4 members (excludes halogenated alkanes) is 5. The maximum absolute atomic E-state index is 9.13. The van der Waals surface area contributed by atoms with Gasteiger partial charge in [0, 0.05) is 40.8 Å². The fraction of sp³-hybridized carbons (Fsp3) is 0.571. The molecular formula is C14H22NdO. The van der Waals surface area contributed by atoms with Crippen molar-refractivity contribution < 1.29 is 45.9 Å².